The highest BCUT2D eigenvalue weighted by molar-refractivity contribution is 5.86. The zero-order valence-electron chi connectivity index (χ0n) is 17.3. The van der Waals surface area contributed by atoms with E-state index < -0.39 is 29.4 Å². The van der Waals surface area contributed by atoms with Gasteiger partial charge in [0.15, 0.2) is 0 Å². The number of hydrogen-bond donors (Lipinski definition) is 1. The Bertz CT molecular complexity index is 734. The molecule has 0 radical (unpaired) electrons. The topological polar surface area (TPSA) is 52.3 Å². The molecular formula is C22H27F6NO2. The van der Waals surface area contributed by atoms with Crippen molar-refractivity contribution >= 4 is 5.91 Å². The van der Waals surface area contributed by atoms with Gasteiger partial charge in [0.05, 0.1) is 17.7 Å². The molecule has 0 spiro atoms. The van der Waals surface area contributed by atoms with E-state index in [4.69, 9.17) is 10.5 Å². The summed E-state index contributed by atoms with van der Waals surface area (Å²) < 4.78 is 82.3. The lowest BCUT2D eigenvalue weighted by atomic mass is 10.1. The summed E-state index contributed by atoms with van der Waals surface area (Å²) in [7, 11) is 0. The van der Waals surface area contributed by atoms with Crippen LogP contribution in [0.3, 0.4) is 0 Å². The third-order valence-electron chi connectivity index (χ3n) is 4.39. The van der Waals surface area contributed by atoms with Gasteiger partial charge in [0, 0.05) is 12.7 Å². The van der Waals surface area contributed by atoms with E-state index in [1.165, 1.54) is 6.08 Å². The molecule has 0 saturated heterocycles. The van der Waals surface area contributed by atoms with Crippen LogP contribution in [0.2, 0.25) is 0 Å². The Morgan fingerprint density at radius 3 is 2.06 bits per heavy atom. The molecule has 0 unspecified atom stereocenters. The lowest BCUT2D eigenvalue weighted by Gasteiger charge is -2.14. The number of benzene rings is 1. The summed E-state index contributed by atoms with van der Waals surface area (Å²) in [5, 5.41) is 0. The van der Waals surface area contributed by atoms with E-state index in [-0.39, 0.29) is 24.8 Å². The molecule has 0 saturated carbocycles. The van der Waals surface area contributed by atoms with Crippen LogP contribution >= 0.6 is 0 Å². The number of ether oxygens (including phenoxy) is 1. The molecule has 1 rings (SSSR count). The summed E-state index contributed by atoms with van der Waals surface area (Å²) >= 11 is 0. The number of allylic oxidation sites excluding steroid dienone is 3. The third kappa shape index (κ3) is 11.1. The standard InChI is InChI=1S/C22H27F6NO2/c1-2-16(13-20(29)30)9-7-5-3-4-6-8-10-31-15-17-11-18(21(23,24)25)14-19(12-17)22(26,27)28/h7,9,11-14H,2-6,8,10,15H2,1H3,(H2,29,30). The van der Waals surface area contributed by atoms with Crippen molar-refractivity contribution in [3.05, 3.63) is 58.7 Å². The number of nitrogens with two attached hydrogens (primary N) is 1. The first kappa shape index (κ1) is 26.7. The molecule has 3 nitrogen and oxygen atoms in total. The Kier molecular flexibility index (Phi) is 10.8. The minimum Gasteiger partial charge on any atom is -0.377 e. The van der Waals surface area contributed by atoms with Gasteiger partial charge < -0.3 is 10.5 Å². The molecule has 9 heteroatoms. The second kappa shape index (κ2) is 12.5. The molecule has 0 aliphatic heterocycles. The molecular weight excluding hydrogens is 424 g/mol. The number of amides is 1. The monoisotopic (exact) mass is 451 g/mol. The second-order valence-electron chi connectivity index (χ2n) is 7.05. The zero-order valence-corrected chi connectivity index (χ0v) is 17.3. The molecule has 0 atom stereocenters. The van der Waals surface area contributed by atoms with Gasteiger partial charge in [-0.2, -0.15) is 26.3 Å². The lowest BCUT2D eigenvalue weighted by molar-refractivity contribution is -0.143. The van der Waals surface area contributed by atoms with E-state index in [9.17, 15) is 31.1 Å². The maximum Gasteiger partial charge on any atom is 0.416 e. The number of unbranched alkanes of at least 4 members (excludes halogenated alkanes) is 4. The average molecular weight is 451 g/mol. The maximum atomic E-state index is 12.8. The van der Waals surface area contributed by atoms with Crippen molar-refractivity contribution in [3.63, 3.8) is 0 Å². The van der Waals surface area contributed by atoms with Gasteiger partial charge in [0.2, 0.25) is 5.91 Å². The third-order valence-corrected chi connectivity index (χ3v) is 4.39. The molecule has 31 heavy (non-hydrogen) atoms. The van der Waals surface area contributed by atoms with Crippen molar-refractivity contribution in [2.45, 2.75) is 64.4 Å². The summed E-state index contributed by atoms with van der Waals surface area (Å²) in [6.07, 6.45) is 0.279. The normalized spacial score (nSPS) is 13.2. The van der Waals surface area contributed by atoms with Gasteiger partial charge in [-0.3, -0.25) is 4.79 Å². The van der Waals surface area contributed by atoms with Crippen LogP contribution < -0.4 is 5.73 Å². The van der Waals surface area contributed by atoms with Gasteiger partial charge in [-0.25, -0.2) is 0 Å². The van der Waals surface area contributed by atoms with Crippen molar-refractivity contribution in [3.8, 4) is 0 Å². The lowest BCUT2D eigenvalue weighted by Crippen LogP contribution is -2.12. The smallest absolute Gasteiger partial charge is 0.377 e. The van der Waals surface area contributed by atoms with Crippen LogP contribution in [0.15, 0.2) is 42.0 Å². The summed E-state index contributed by atoms with van der Waals surface area (Å²) in [6.45, 7) is 1.85. The molecule has 0 bridgehead atoms. The van der Waals surface area contributed by atoms with Gasteiger partial charge >= 0.3 is 12.4 Å². The van der Waals surface area contributed by atoms with Crippen molar-refractivity contribution in [2.24, 2.45) is 5.73 Å². The largest absolute Gasteiger partial charge is 0.416 e. The second-order valence-corrected chi connectivity index (χ2v) is 7.05. The molecule has 1 amide bonds. The highest BCUT2D eigenvalue weighted by Gasteiger charge is 2.36. The fourth-order valence-corrected chi connectivity index (χ4v) is 2.80. The minimum absolute atomic E-state index is 0.102. The molecule has 2 N–H and O–H groups in total. The quantitative estimate of drug-likeness (QED) is 0.169. The van der Waals surface area contributed by atoms with Crippen LogP contribution in [0.25, 0.3) is 0 Å². The van der Waals surface area contributed by atoms with Crippen LogP contribution in [0, 0.1) is 0 Å². The fraction of sp³-hybridized carbons (Fsp3) is 0.500. The van der Waals surface area contributed by atoms with Gasteiger partial charge in [0.1, 0.15) is 0 Å². The predicted octanol–water partition coefficient (Wildman–Crippen LogP) is 6.57. The summed E-state index contributed by atoms with van der Waals surface area (Å²) in [5.41, 5.74) is 3.11. The number of carbonyl (C=O) groups is 1. The Labute approximate surface area is 177 Å². The molecule has 0 aliphatic rings. The summed E-state index contributed by atoms with van der Waals surface area (Å²) in [5.74, 6) is -0.485. The summed E-state index contributed by atoms with van der Waals surface area (Å²) in [6, 6.07) is 1.46. The van der Waals surface area contributed by atoms with Crippen molar-refractivity contribution in [2.75, 3.05) is 6.61 Å². The van der Waals surface area contributed by atoms with E-state index in [1.807, 2.05) is 19.1 Å². The van der Waals surface area contributed by atoms with Crippen molar-refractivity contribution < 1.29 is 35.9 Å². The van der Waals surface area contributed by atoms with E-state index >= 15 is 0 Å². The number of alkyl halides is 6. The number of primary amides is 1. The molecule has 174 valence electrons. The Morgan fingerprint density at radius 2 is 1.55 bits per heavy atom. The van der Waals surface area contributed by atoms with Gasteiger partial charge in [0.25, 0.3) is 0 Å². The molecule has 0 aliphatic carbocycles. The SMILES string of the molecule is CCC(C=CCCCCCCOCc1cc(C(F)(F)F)cc(C(F)(F)F)c1)=CC(N)=O. The van der Waals surface area contributed by atoms with Crippen molar-refractivity contribution in [1.82, 2.24) is 0 Å². The zero-order chi connectivity index (χ0) is 23.5. The minimum atomic E-state index is -4.86. The number of hydrogen-bond acceptors (Lipinski definition) is 2. The Balaban J connectivity index is 2.37. The molecule has 1 aromatic rings. The fourth-order valence-electron chi connectivity index (χ4n) is 2.80. The maximum absolute atomic E-state index is 12.8. The highest BCUT2D eigenvalue weighted by Crippen LogP contribution is 2.36. The summed E-state index contributed by atoms with van der Waals surface area (Å²) in [4.78, 5) is 10.8. The van der Waals surface area contributed by atoms with Crippen LogP contribution in [-0.4, -0.2) is 12.5 Å². The molecule has 0 fully saturated rings. The van der Waals surface area contributed by atoms with Crippen LogP contribution in [-0.2, 0) is 28.5 Å². The van der Waals surface area contributed by atoms with E-state index in [2.05, 4.69) is 0 Å². The number of rotatable bonds is 12. The predicted molar refractivity (Wildman–Crippen MR) is 106 cm³/mol. The van der Waals surface area contributed by atoms with Gasteiger partial charge in [-0.15, -0.1) is 0 Å². The Hall–Kier alpha value is -2.29. The van der Waals surface area contributed by atoms with Gasteiger partial charge in [-0.05, 0) is 55.0 Å². The van der Waals surface area contributed by atoms with Crippen LogP contribution in [0.5, 0.6) is 0 Å². The van der Waals surface area contributed by atoms with Crippen LogP contribution in [0.1, 0.15) is 62.1 Å². The van der Waals surface area contributed by atoms with E-state index in [0.29, 0.717) is 25.0 Å². The molecule has 1 aromatic carbocycles. The number of carbonyl (C=O) groups excluding carboxylic acids is 1. The molecule has 0 aromatic heterocycles. The average Bonchev–Trinajstić information content (AvgIpc) is 2.66. The first-order valence-electron chi connectivity index (χ1n) is 9.96. The van der Waals surface area contributed by atoms with Crippen LogP contribution in [0.4, 0.5) is 26.3 Å². The van der Waals surface area contributed by atoms with Gasteiger partial charge in [-0.1, -0.05) is 31.9 Å². The van der Waals surface area contributed by atoms with E-state index in [0.717, 1.165) is 31.3 Å². The first-order valence-corrected chi connectivity index (χ1v) is 9.96. The van der Waals surface area contributed by atoms with Crippen molar-refractivity contribution in [1.29, 1.82) is 0 Å². The first-order chi connectivity index (χ1) is 14.4. The number of halogens is 6. The van der Waals surface area contributed by atoms with E-state index in [1.54, 1.807) is 0 Å². The highest BCUT2D eigenvalue weighted by atomic mass is 19.4. The molecule has 0 heterocycles. The Morgan fingerprint density at radius 1 is 0.968 bits per heavy atom.